The molecule has 1 heterocycles. The van der Waals surface area contributed by atoms with Crippen molar-refractivity contribution in [2.75, 3.05) is 0 Å². The molecule has 0 fully saturated rings. The fourth-order valence-electron chi connectivity index (χ4n) is 2.17. The predicted octanol–water partition coefficient (Wildman–Crippen LogP) is 4.30. The number of halogens is 2. The summed E-state index contributed by atoms with van der Waals surface area (Å²) in [6, 6.07) is 11.1. The summed E-state index contributed by atoms with van der Waals surface area (Å²) in [7, 11) is -3.98. The Morgan fingerprint density at radius 2 is 1.73 bits per heavy atom. The van der Waals surface area contributed by atoms with Gasteiger partial charge in [-0.25, -0.2) is 4.79 Å². The molecule has 3 rings (SSSR count). The van der Waals surface area contributed by atoms with Crippen LogP contribution in [0.3, 0.4) is 0 Å². The molecular formula is C17H11Br2NO5S. The van der Waals surface area contributed by atoms with Crippen molar-refractivity contribution in [1.29, 1.82) is 0 Å². The van der Waals surface area contributed by atoms with Gasteiger partial charge in [0, 0.05) is 0 Å². The first-order valence-electron chi connectivity index (χ1n) is 7.24. The number of nitrogens with zero attached hydrogens (tertiary/aromatic N) is 1. The summed E-state index contributed by atoms with van der Waals surface area (Å²) in [4.78, 5) is 16.3. The molecule has 134 valence electrons. The van der Waals surface area contributed by atoms with Crippen molar-refractivity contribution >= 4 is 59.7 Å². The lowest BCUT2D eigenvalue weighted by atomic mass is 10.1. The van der Waals surface area contributed by atoms with E-state index in [9.17, 15) is 13.2 Å². The van der Waals surface area contributed by atoms with Crippen molar-refractivity contribution in [2.45, 2.75) is 11.8 Å². The quantitative estimate of drug-likeness (QED) is 0.355. The lowest BCUT2D eigenvalue weighted by Crippen LogP contribution is -2.10. The second-order valence-electron chi connectivity index (χ2n) is 5.28. The number of benzene rings is 2. The number of rotatable bonds is 4. The molecule has 0 radical (unpaired) electrons. The standard InChI is InChI=1S/C17H11Br2NO5S/c1-10-13(17(21)24-20-10)7-11-8-14(18)16(15(19)9-11)25-26(22,23)12-5-3-2-4-6-12/h2-9H,1H3/b13-7-. The SMILES string of the molecule is CC1=NOC(=O)/C1=C\c1cc(Br)c(OS(=O)(=O)c2ccccc2)c(Br)c1. The molecule has 2 aromatic carbocycles. The monoisotopic (exact) mass is 499 g/mol. The van der Waals surface area contributed by atoms with Gasteiger partial charge in [-0.3, -0.25) is 0 Å². The first-order valence-corrected chi connectivity index (χ1v) is 10.2. The zero-order valence-corrected chi connectivity index (χ0v) is 17.3. The van der Waals surface area contributed by atoms with E-state index in [0.717, 1.165) is 0 Å². The van der Waals surface area contributed by atoms with Gasteiger partial charge >= 0.3 is 16.1 Å². The van der Waals surface area contributed by atoms with E-state index >= 15 is 0 Å². The van der Waals surface area contributed by atoms with E-state index in [1.165, 1.54) is 12.1 Å². The van der Waals surface area contributed by atoms with Crippen molar-refractivity contribution in [3.63, 3.8) is 0 Å². The van der Waals surface area contributed by atoms with E-state index in [4.69, 9.17) is 4.18 Å². The van der Waals surface area contributed by atoms with Crippen molar-refractivity contribution in [3.05, 3.63) is 62.5 Å². The third kappa shape index (κ3) is 3.89. The molecule has 0 unspecified atom stereocenters. The smallest absolute Gasteiger partial charge is 0.367 e. The number of hydrogen-bond donors (Lipinski definition) is 0. The molecule has 1 aliphatic rings. The fraction of sp³-hybridized carbons (Fsp3) is 0.0588. The minimum atomic E-state index is -3.98. The summed E-state index contributed by atoms with van der Waals surface area (Å²) in [6.45, 7) is 1.66. The summed E-state index contributed by atoms with van der Waals surface area (Å²) >= 11 is 6.62. The Balaban J connectivity index is 1.95. The average molecular weight is 501 g/mol. The summed E-state index contributed by atoms with van der Waals surface area (Å²) in [5, 5.41) is 3.61. The van der Waals surface area contributed by atoms with Crippen LogP contribution in [0.1, 0.15) is 12.5 Å². The summed E-state index contributed by atoms with van der Waals surface area (Å²) in [5.74, 6) is -0.433. The number of hydrogen-bond acceptors (Lipinski definition) is 6. The molecule has 0 spiro atoms. The Morgan fingerprint density at radius 1 is 1.12 bits per heavy atom. The second kappa shape index (κ2) is 7.34. The average Bonchev–Trinajstić information content (AvgIpc) is 2.91. The lowest BCUT2D eigenvalue weighted by molar-refractivity contribution is -0.136. The molecule has 0 aromatic heterocycles. The van der Waals surface area contributed by atoms with Gasteiger partial charge in [0.2, 0.25) is 0 Å². The Kier molecular flexibility index (Phi) is 5.31. The van der Waals surface area contributed by atoms with E-state index in [1.807, 2.05) is 0 Å². The van der Waals surface area contributed by atoms with Crippen LogP contribution >= 0.6 is 31.9 Å². The number of carbonyl (C=O) groups excluding carboxylic acids is 1. The maximum absolute atomic E-state index is 12.4. The lowest BCUT2D eigenvalue weighted by Gasteiger charge is -2.11. The molecule has 0 saturated heterocycles. The topological polar surface area (TPSA) is 82.0 Å². The fourth-order valence-corrected chi connectivity index (χ4v) is 4.76. The highest BCUT2D eigenvalue weighted by atomic mass is 79.9. The number of carbonyl (C=O) groups is 1. The Hall–Kier alpha value is -1.97. The van der Waals surface area contributed by atoms with Crippen LogP contribution < -0.4 is 4.18 Å². The summed E-state index contributed by atoms with van der Waals surface area (Å²) in [6.07, 6.45) is 1.60. The van der Waals surface area contributed by atoms with Gasteiger partial charge < -0.3 is 9.02 Å². The molecular weight excluding hydrogens is 490 g/mol. The molecule has 0 amide bonds. The van der Waals surface area contributed by atoms with Gasteiger partial charge in [-0.15, -0.1) is 0 Å². The van der Waals surface area contributed by atoms with Gasteiger partial charge in [0.1, 0.15) is 4.90 Å². The van der Waals surface area contributed by atoms with Crippen LogP contribution in [0.2, 0.25) is 0 Å². The van der Waals surface area contributed by atoms with Crippen LogP contribution in [0.15, 0.2) is 67.0 Å². The second-order valence-corrected chi connectivity index (χ2v) is 8.53. The van der Waals surface area contributed by atoms with Crippen LogP contribution in [0, 0.1) is 0 Å². The minimum Gasteiger partial charge on any atom is -0.377 e. The Morgan fingerprint density at radius 3 is 2.27 bits per heavy atom. The highest BCUT2D eigenvalue weighted by Crippen LogP contribution is 2.37. The van der Waals surface area contributed by atoms with Gasteiger partial charge in [-0.1, -0.05) is 23.4 Å². The molecule has 26 heavy (non-hydrogen) atoms. The van der Waals surface area contributed by atoms with Gasteiger partial charge in [-0.2, -0.15) is 8.42 Å². The van der Waals surface area contributed by atoms with Crippen LogP contribution in [0.4, 0.5) is 0 Å². The Labute approximate surface area is 166 Å². The van der Waals surface area contributed by atoms with Crippen molar-refractivity contribution in [2.24, 2.45) is 5.16 Å². The molecule has 1 aliphatic heterocycles. The van der Waals surface area contributed by atoms with Gasteiger partial charge in [0.05, 0.1) is 20.2 Å². The molecule has 0 aliphatic carbocycles. The zero-order chi connectivity index (χ0) is 18.9. The molecule has 0 atom stereocenters. The highest BCUT2D eigenvalue weighted by Gasteiger charge is 2.23. The van der Waals surface area contributed by atoms with Crippen LogP contribution in [0.25, 0.3) is 6.08 Å². The first-order chi connectivity index (χ1) is 12.3. The highest BCUT2D eigenvalue weighted by molar-refractivity contribution is 9.11. The normalized spacial score (nSPS) is 15.7. The van der Waals surface area contributed by atoms with E-state index in [2.05, 4.69) is 41.9 Å². The minimum absolute atomic E-state index is 0.0468. The van der Waals surface area contributed by atoms with Crippen LogP contribution in [-0.2, 0) is 19.8 Å². The van der Waals surface area contributed by atoms with Crippen molar-refractivity contribution < 1.29 is 22.2 Å². The molecule has 6 nitrogen and oxygen atoms in total. The first kappa shape index (κ1) is 18.8. The Bertz CT molecular complexity index is 1020. The van der Waals surface area contributed by atoms with E-state index in [1.54, 1.807) is 43.3 Å². The maximum Gasteiger partial charge on any atom is 0.367 e. The summed E-state index contributed by atoms with van der Waals surface area (Å²) in [5.41, 5.74) is 1.43. The molecule has 2 aromatic rings. The molecule has 0 N–H and O–H groups in total. The largest absolute Gasteiger partial charge is 0.377 e. The van der Waals surface area contributed by atoms with Gasteiger partial charge in [-0.05, 0) is 74.7 Å². The van der Waals surface area contributed by atoms with Gasteiger partial charge in [0.15, 0.2) is 5.75 Å². The zero-order valence-electron chi connectivity index (χ0n) is 13.3. The predicted molar refractivity (Wildman–Crippen MR) is 103 cm³/mol. The molecule has 0 bridgehead atoms. The third-order valence-electron chi connectivity index (χ3n) is 3.43. The van der Waals surface area contributed by atoms with E-state index < -0.39 is 16.1 Å². The van der Waals surface area contributed by atoms with Crippen molar-refractivity contribution in [1.82, 2.24) is 0 Å². The number of oxime groups is 1. The van der Waals surface area contributed by atoms with Crippen LogP contribution in [-0.4, -0.2) is 20.1 Å². The van der Waals surface area contributed by atoms with Gasteiger partial charge in [0.25, 0.3) is 0 Å². The van der Waals surface area contributed by atoms with E-state index in [0.29, 0.717) is 25.8 Å². The molecule has 0 saturated carbocycles. The summed E-state index contributed by atoms with van der Waals surface area (Å²) < 4.78 is 30.9. The molecule has 9 heteroatoms. The third-order valence-corrected chi connectivity index (χ3v) is 5.85. The van der Waals surface area contributed by atoms with Crippen LogP contribution in [0.5, 0.6) is 5.75 Å². The van der Waals surface area contributed by atoms with E-state index in [-0.39, 0.29) is 10.6 Å². The van der Waals surface area contributed by atoms with Crippen molar-refractivity contribution in [3.8, 4) is 5.75 Å². The maximum atomic E-state index is 12.4.